The monoisotopic (exact) mass is 411 g/mol. The van der Waals surface area contributed by atoms with Crippen LogP contribution >= 0.6 is 0 Å². The van der Waals surface area contributed by atoms with Crippen LogP contribution < -0.4 is 5.32 Å². The van der Waals surface area contributed by atoms with E-state index in [2.05, 4.69) is 10.4 Å². The van der Waals surface area contributed by atoms with Crippen molar-refractivity contribution in [3.63, 3.8) is 0 Å². The largest absolute Gasteiger partial charge is 0.350 e. The van der Waals surface area contributed by atoms with Crippen LogP contribution in [0, 0.1) is 19.8 Å². The van der Waals surface area contributed by atoms with Gasteiger partial charge in [0.05, 0.1) is 24.5 Å². The molecule has 3 heterocycles. The van der Waals surface area contributed by atoms with Crippen LogP contribution in [0.5, 0.6) is 0 Å². The Kier molecular flexibility index (Phi) is 5.81. The Morgan fingerprint density at radius 2 is 2.00 bits per heavy atom. The number of carbonyl (C=O) groups is 2. The van der Waals surface area contributed by atoms with Crippen molar-refractivity contribution in [3.8, 4) is 0 Å². The Labute approximate surface area is 166 Å². The third kappa shape index (κ3) is 4.22. The number of hydrogen-bond donors (Lipinski definition) is 1. The number of fused-ring (bicyclic) bond motifs is 1. The average molecular weight is 412 g/mol. The number of aryl methyl sites for hydroxylation is 2. The highest BCUT2D eigenvalue weighted by atomic mass is 32.2. The molecule has 156 valence electrons. The van der Waals surface area contributed by atoms with E-state index >= 15 is 0 Å². The van der Waals surface area contributed by atoms with Gasteiger partial charge in [0.25, 0.3) is 0 Å². The van der Waals surface area contributed by atoms with Gasteiger partial charge in [-0.1, -0.05) is 0 Å². The minimum atomic E-state index is -3.31. The lowest BCUT2D eigenvalue weighted by Gasteiger charge is -2.29. The lowest BCUT2D eigenvalue weighted by atomic mass is 9.98. The van der Waals surface area contributed by atoms with Crippen molar-refractivity contribution < 1.29 is 18.0 Å². The summed E-state index contributed by atoms with van der Waals surface area (Å²) in [5.74, 6) is -0.238. The van der Waals surface area contributed by atoms with Crippen LogP contribution in [0.15, 0.2) is 0 Å². The summed E-state index contributed by atoms with van der Waals surface area (Å²) in [4.78, 5) is 26.8. The van der Waals surface area contributed by atoms with Crippen molar-refractivity contribution in [1.82, 2.24) is 24.3 Å². The molecule has 28 heavy (non-hydrogen) atoms. The SMILES string of the molecule is Cc1nn(C)c(C)c1CNC(=O)CN1C(=O)CCC[C@@H]2CN(S(C)(=O)=O)C[C@@H]21. The van der Waals surface area contributed by atoms with Gasteiger partial charge in [-0.05, 0) is 32.6 Å². The van der Waals surface area contributed by atoms with Crippen molar-refractivity contribution >= 4 is 21.8 Å². The third-order valence-corrected chi connectivity index (χ3v) is 7.20. The molecule has 2 atom stereocenters. The number of sulfonamides is 1. The standard InChI is InChI=1S/C18H29N5O4S/c1-12-15(13(2)21(3)20-12)8-19-17(24)11-23-16-10-22(28(4,26)27)9-14(16)6-5-7-18(23)25/h14,16H,5-11H2,1-4H3,(H,19,24)/t14-,16+/m1/s1. The molecule has 2 fully saturated rings. The first-order chi connectivity index (χ1) is 13.1. The van der Waals surface area contributed by atoms with Gasteiger partial charge in [-0.3, -0.25) is 14.3 Å². The molecule has 0 aromatic carbocycles. The van der Waals surface area contributed by atoms with Gasteiger partial charge in [-0.25, -0.2) is 8.42 Å². The van der Waals surface area contributed by atoms with Crippen molar-refractivity contribution in [2.75, 3.05) is 25.9 Å². The fraction of sp³-hybridized carbons (Fsp3) is 0.722. The normalized spacial score (nSPS) is 23.6. The first kappa shape index (κ1) is 20.8. The van der Waals surface area contributed by atoms with Gasteiger partial charge in [0, 0.05) is 44.4 Å². The molecule has 1 aromatic heterocycles. The predicted molar refractivity (Wildman–Crippen MR) is 104 cm³/mol. The molecule has 1 N–H and O–H groups in total. The Balaban J connectivity index is 1.68. The molecule has 0 unspecified atom stereocenters. The number of nitrogens with zero attached hydrogens (tertiary/aromatic N) is 4. The van der Waals surface area contributed by atoms with Crippen LogP contribution in [0.1, 0.15) is 36.2 Å². The Bertz CT molecular complexity index is 879. The van der Waals surface area contributed by atoms with E-state index in [1.54, 1.807) is 9.58 Å². The molecule has 0 aliphatic carbocycles. The summed E-state index contributed by atoms with van der Waals surface area (Å²) in [5.41, 5.74) is 2.83. The molecule has 0 bridgehead atoms. The van der Waals surface area contributed by atoms with Gasteiger partial charge in [0.15, 0.2) is 0 Å². The first-order valence-corrected chi connectivity index (χ1v) is 11.4. The Morgan fingerprint density at radius 3 is 2.61 bits per heavy atom. The summed E-state index contributed by atoms with van der Waals surface area (Å²) in [7, 11) is -1.45. The van der Waals surface area contributed by atoms with Gasteiger partial charge < -0.3 is 10.2 Å². The van der Waals surface area contributed by atoms with Crippen LogP contribution in [0.25, 0.3) is 0 Å². The first-order valence-electron chi connectivity index (χ1n) is 9.58. The molecule has 0 spiro atoms. The smallest absolute Gasteiger partial charge is 0.239 e. The summed E-state index contributed by atoms with van der Waals surface area (Å²) in [6.07, 6.45) is 3.12. The second-order valence-corrected chi connectivity index (χ2v) is 9.85. The maximum absolute atomic E-state index is 12.6. The number of aromatic nitrogens is 2. The molecule has 1 aromatic rings. The summed E-state index contributed by atoms with van der Waals surface area (Å²) < 4.78 is 27.1. The minimum absolute atomic E-state index is 0.0457. The van der Waals surface area contributed by atoms with E-state index < -0.39 is 10.0 Å². The summed E-state index contributed by atoms with van der Waals surface area (Å²) in [5, 5.41) is 7.23. The molecule has 10 heteroatoms. The van der Waals surface area contributed by atoms with Crippen LogP contribution in [0.4, 0.5) is 0 Å². The molecule has 2 aliphatic heterocycles. The Morgan fingerprint density at radius 1 is 1.29 bits per heavy atom. The van der Waals surface area contributed by atoms with E-state index in [0.717, 1.165) is 29.8 Å². The van der Waals surface area contributed by atoms with Gasteiger partial charge in [0.2, 0.25) is 21.8 Å². The van der Waals surface area contributed by atoms with Gasteiger partial charge in [-0.2, -0.15) is 9.40 Å². The van der Waals surface area contributed by atoms with Crippen LogP contribution in [-0.4, -0.2) is 71.1 Å². The van der Waals surface area contributed by atoms with Gasteiger partial charge in [-0.15, -0.1) is 0 Å². The van der Waals surface area contributed by atoms with E-state index in [-0.39, 0.29) is 36.9 Å². The zero-order valence-electron chi connectivity index (χ0n) is 16.9. The topological polar surface area (TPSA) is 105 Å². The molecule has 0 saturated carbocycles. The van der Waals surface area contributed by atoms with Crippen LogP contribution in [0.2, 0.25) is 0 Å². The van der Waals surface area contributed by atoms with E-state index in [9.17, 15) is 18.0 Å². The molecule has 2 amide bonds. The quantitative estimate of drug-likeness (QED) is 0.730. The van der Waals surface area contributed by atoms with Crippen molar-refractivity contribution in [2.45, 2.75) is 45.7 Å². The zero-order valence-corrected chi connectivity index (χ0v) is 17.8. The fourth-order valence-corrected chi connectivity index (χ4v) is 5.13. The van der Waals surface area contributed by atoms with E-state index in [4.69, 9.17) is 0 Å². The lowest BCUT2D eigenvalue weighted by molar-refractivity contribution is -0.138. The third-order valence-electron chi connectivity index (χ3n) is 5.96. The number of nitrogens with one attached hydrogen (secondary N) is 1. The average Bonchev–Trinajstić information content (AvgIpc) is 3.08. The fourth-order valence-electron chi connectivity index (χ4n) is 4.24. The summed E-state index contributed by atoms with van der Waals surface area (Å²) in [6.45, 7) is 4.84. The highest BCUT2D eigenvalue weighted by molar-refractivity contribution is 7.88. The van der Waals surface area contributed by atoms with Crippen LogP contribution in [-0.2, 0) is 33.2 Å². The number of amides is 2. The van der Waals surface area contributed by atoms with Crippen LogP contribution in [0.3, 0.4) is 0 Å². The number of likely N-dealkylation sites (tertiary alicyclic amines) is 1. The predicted octanol–water partition coefficient (Wildman–Crippen LogP) is -0.0744. The minimum Gasteiger partial charge on any atom is -0.350 e. The van der Waals surface area contributed by atoms with E-state index in [1.807, 2.05) is 20.9 Å². The molecule has 2 aliphatic rings. The zero-order chi connectivity index (χ0) is 20.6. The van der Waals surface area contributed by atoms with Crippen molar-refractivity contribution in [1.29, 1.82) is 0 Å². The number of rotatable bonds is 5. The molecule has 0 radical (unpaired) electrons. The van der Waals surface area contributed by atoms with Gasteiger partial charge >= 0.3 is 0 Å². The Hall–Kier alpha value is -1.94. The second-order valence-electron chi connectivity index (χ2n) is 7.87. The maximum atomic E-state index is 12.6. The van der Waals surface area contributed by atoms with Crippen molar-refractivity contribution in [2.24, 2.45) is 13.0 Å². The summed E-state index contributed by atoms with van der Waals surface area (Å²) >= 11 is 0. The van der Waals surface area contributed by atoms with Crippen molar-refractivity contribution in [3.05, 3.63) is 17.0 Å². The molecule has 9 nitrogen and oxygen atoms in total. The number of hydrogen-bond acceptors (Lipinski definition) is 5. The molecule has 2 saturated heterocycles. The van der Waals surface area contributed by atoms with E-state index in [1.165, 1.54) is 10.6 Å². The lowest BCUT2D eigenvalue weighted by Crippen LogP contribution is -2.48. The summed E-state index contributed by atoms with van der Waals surface area (Å²) in [6, 6.07) is -0.239. The molecule has 3 rings (SSSR count). The highest BCUT2D eigenvalue weighted by Crippen LogP contribution is 2.31. The van der Waals surface area contributed by atoms with E-state index in [0.29, 0.717) is 19.5 Å². The molecular weight excluding hydrogens is 382 g/mol. The molecular formula is C18H29N5O4S. The second kappa shape index (κ2) is 7.82. The number of carbonyl (C=O) groups excluding carboxylic acids is 2. The highest BCUT2D eigenvalue weighted by Gasteiger charge is 2.43. The maximum Gasteiger partial charge on any atom is 0.239 e. The van der Waals surface area contributed by atoms with Gasteiger partial charge in [0.1, 0.15) is 0 Å².